The molecule has 8 amide bonds. The van der Waals surface area contributed by atoms with E-state index in [1.807, 2.05) is 0 Å². The highest BCUT2D eigenvalue weighted by Gasteiger charge is 2.36. The molecular formula is C39H59N9O13. The molecule has 0 aliphatic carbocycles. The predicted octanol–water partition coefficient (Wildman–Crippen LogP) is -3.52. The maximum absolute atomic E-state index is 13.2. The number of aliphatic carboxylic acids is 2. The second kappa shape index (κ2) is 24.8. The number of amides is 8. The van der Waals surface area contributed by atoms with E-state index in [0.717, 1.165) is 0 Å². The number of nitrogens with zero attached hydrogens (tertiary/aromatic N) is 1. The molecule has 1 saturated heterocycles. The minimum atomic E-state index is -1.68. The summed E-state index contributed by atoms with van der Waals surface area (Å²) < 4.78 is 0. The lowest BCUT2D eigenvalue weighted by atomic mass is 10.0. The maximum atomic E-state index is 13.2. The Kier molecular flexibility index (Phi) is 20.7. The Hall–Kier alpha value is -6.16. The molecule has 0 aromatic heterocycles. The van der Waals surface area contributed by atoms with E-state index in [4.69, 9.17) is 5.73 Å². The van der Waals surface area contributed by atoms with Crippen LogP contribution in [0.3, 0.4) is 0 Å². The number of carbonyl (C=O) groups excluding carboxylic acids is 8. The summed E-state index contributed by atoms with van der Waals surface area (Å²) in [6.07, 6.45) is -0.0143. The van der Waals surface area contributed by atoms with Gasteiger partial charge in [0.25, 0.3) is 0 Å². The molecule has 0 saturated carbocycles. The van der Waals surface area contributed by atoms with Crippen molar-refractivity contribution in [3.05, 3.63) is 35.9 Å². The number of aliphatic hydroxyl groups excluding tert-OH is 1. The second-order valence-corrected chi connectivity index (χ2v) is 15.4. The van der Waals surface area contributed by atoms with E-state index in [0.29, 0.717) is 12.0 Å². The number of hydrogen-bond donors (Lipinski definition) is 11. The van der Waals surface area contributed by atoms with E-state index < -0.39 is 134 Å². The maximum Gasteiger partial charge on any atom is 0.326 e. The fourth-order valence-electron chi connectivity index (χ4n) is 6.22. The third kappa shape index (κ3) is 17.2. The number of hydrogen-bond acceptors (Lipinski definition) is 12. The molecule has 1 aliphatic rings. The lowest BCUT2D eigenvalue weighted by Gasteiger charge is -2.26. The summed E-state index contributed by atoms with van der Waals surface area (Å²) in [6, 6.07) is -0.293. The van der Waals surface area contributed by atoms with Crippen molar-refractivity contribution in [3.63, 3.8) is 0 Å². The first kappa shape index (κ1) is 51.0. The van der Waals surface area contributed by atoms with Gasteiger partial charge >= 0.3 is 11.9 Å². The summed E-state index contributed by atoms with van der Waals surface area (Å²) in [5.41, 5.74) is 6.67. The SMILES string of the molecule is CC(C)CC(NC(=O)C(NC(=O)CNC(=O)C(C)NC(=O)C1CCCN1C(=O)CNC(=O)C(CO)NC(=O)C(CC(=O)O)NC(=O)C(N)Cc1ccccc1)C(C)C)C(=O)O. The van der Waals surface area contributed by atoms with Crippen molar-refractivity contribution in [2.45, 2.75) is 109 Å². The summed E-state index contributed by atoms with van der Waals surface area (Å²) >= 11 is 0. The second-order valence-electron chi connectivity index (χ2n) is 15.4. The summed E-state index contributed by atoms with van der Waals surface area (Å²) in [6.45, 7) is 6.12. The van der Waals surface area contributed by atoms with Gasteiger partial charge in [0, 0.05) is 6.54 Å². The van der Waals surface area contributed by atoms with Crippen LogP contribution in [0, 0.1) is 11.8 Å². The van der Waals surface area contributed by atoms with Crippen LogP contribution in [-0.2, 0) is 54.4 Å². The van der Waals surface area contributed by atoms with Crippen molar-refractivity contribution < 1.29 is 63.3 Å². The van der Waals surface area contributed by atoms with Gasteiger partial charge in [-0.2, -0.15) is 0 Å². The number of aliphatic hydroxyl groups is 1. The van der Waals surface area contributed by atoms with Gasteiger partial charge in [0.15, 0.2) is 0 Å². The molecule has 1 heterocycles. The van der Waals surface area contributed by atoms with Crippen LogP contribution in [0.4, 0.5) is 0 Å². The van der Waals surface area contributed by atoms with Gasteiger partial charge in [-0.15, -0.1) is 0 Å². The Morgan fingerprint density at radius 3 is 1.92 bits per heavy atom. The van der Waals surface area contributed by atoms with Crippen LogP contribution >= 0.6 is 0 Å². The largest absolute Gasteiger partial charge is 0.481 e. The number of nitrogens with one attached hydrogen (secondary N) is 7. The molecule has 22 heteroatoms. The van der Waals surface area contributed by atoms with Gasteiger partial charge in [-0.25, -0.2) is 4.79 Å². The van der Waals surface area contributed by atoms with Gasteiger partial charge in [0.2, 0.25) is 47.3 Å². The van der Waals surface area contributed by atoms with E-state index in [2.05, 4.69) is 37.2 Å². The number of carbonyl (C=O) groups is 10. The molecule has 12 N–H and O–H groups in total. The average Bonchev–Trinajstić information content (AvgIpc) is 3.69. The number of benzene rings is 1. The van der Waals surface area contributed by atoms with E-state index in [1.54, 1.807) is 58.0 Å². The van der Waals surface area contributed by atoms with Crippen molar-refractivity contribution in [1.82, 2.24) is 42.1 Å². The molecule has 1 aliphatic heterocycles. The average molecular weight is 862 g/mol. The van der Waals surface area contributed by atoms with Crippen molar-refractivity contribution >= 4 is 59.2 Å². The summed E-state index contributed by atoms with van der Waals surface area (Å²) in [7, 11) is 0. The van der Waals surface area contributed by atoms with Crippen LogP contribution in [0.25, 0.3) is 0 Å². The van der Waals surface area contributed by atoms with Gasteiger partial charge in [-0.1, -0.05) is 58.0 Å². The fraction of sp³-hybridized carbons (Fsp3) is 0.590. The molecule has 0 bridgehead atoms. The van der Waals surface area contributed by atoms with Crippen LogP contribution in [0.2, 0.25) is 0 Å². The van der Waals surface area contributed by atoms with Crippen molar-refractivity contribution in [1.29, 1.82) is 0 Å². The number of carboxylic acids is 2. The Bertz CT molecular complexity index is 1740. The molecule has 338 valence electrons. The zero-order chi connectivity index (χ0) is 46.0. The third-order valence-corrected chi connectivity index (χ3v) is 9.51. The molecule has 1 aromatic carbocycles. The quantitative estimate of drug-likeness (QED) is 0.0480. The Morgan fingerprint density at radius 1 is 0.738 bits per heavy atom. The van der Waals surface area contributed by atoms with Gasteiger partial charge in [0.05, 0.1) is 32.2 Å². The molecule has 61 heavy (non-hydrogen) atoms. The predicted molar refractivity (Wildman–Crippen MR) is 215 cm³/mol. The Labute approximate surface area is 352 Å². The lowest BCUT2D eigenvalue weighted by molar-refractivity contribution is -0.143. The van der Waals surface area contributed by atoms with E-state index in [9.17, 15) is 63.3 Å². The van der Waals surface area contributed by atoms with Gasteiger partial charge in [-0.3, -0.25) is 43.2 Å². The topological polar surface area (TPSA) is 345 Å². The van der Waals surface area contributed by atoms with Crippen LogP contribution in [-0.4, -0.2) is 148 Å². The fourth-order valence-corrected chi connectivity index (χ4v) is 6.22. The number of nitrogens with two attached hydrogens (primary N) is 1. The number of rotatable bonds is 24. The van der Waals surface area contributed by atoms with Crippen LogP contribution in [0.5, 0.6) is 0 Å². The standard InChI is InChI=1S/C39H59N9O13/c1-20(2)14-26(39(60)61)45-38(59)32(21(3)4)47-29(50)17-41-33(54)22(5)43-37(58)28-12-9-13-48(28)30(51)18-42-35(56)27(19-49)46-36(57)25(16-31(52)53)44-34(55)24(40)15-23-10-7-6-8-11-23/h6-8,10-11,20-22,24-28,32,49H,9,12-19,40H2,1-5H3,(H,41,54)(H,42,56)(H,43,58)(H,44,55)(H,45,59)(H,46,57)(H,47,50)(H,52,53)(H,60,61). The van der Waals surface area contributed by atoms with Gasteiger partial charge < -0.3 is 63.2 Å². The van der Waals surface area contributed by atoms with Crippen LogP contribution in [0.1, 0.15) is 65.9 Å². The first-order chi connectivity index (χ1) is 28.6. The molecule has 1 fully saturated rings. The van der Waals surface area contributed by atoms with Crippen molar-refractivity contribution in [2.75, 3.05) is 26.2 Å². The molecule has 2 rings (SSSR count). The highest BCUT2D eigenvalue weighted by atomic mass is 16.4. The van der Waals surface area contributed by atoms with Crippen LogP contribution in [0.15, 0.2) is 30.3 Å². The molecule has 1 aromatic rings. The Morgan fingerprint density at radius 2 is 1.34 bits per heavy atom. The molecule has 0 spiro atoms. The van der Waals surface area contributed by atoms with Crippen molar-refractivity contribution in [2.24, 2.45) is 17.6 Å². The molecular weight excluding hydrogens is 802 g/mol. The minimum Gasteiger partial charge on any atom is -0.481 e. The zero-order valence-electron chi connectivity index (χ0n) is 34.9. The number of likely N-dealkylation sites (tertiary alicyclic amines) is 1. The highest BCUT2D eigenvalue weighted by Crippen LogP contribution is 2.18. The molecule has 7 atom stereocenters. The smallest absolute Gasteiger partial charge is 0.326 e. The van der Waals surface area contributed by atoms with E-state index in [-0.39, 0.29) is 31.7 Å². The van der Waals surface area contributed by atoms with Crippen LogP contribution < -0.4 is 43.0 Å². The van der Waals surface area contributed by atoms with Gasteiger partial charge in [-0.05, 0) is 50.0 Å². The third-order valence-electron chi connectivity index (χ3n) is 9.51. The first-order valence-electron chi connectivity index (χ1n) is 19.9. The van der Waals surface area contributed by atoms with Crippen molar-refractivity contribution in [3.8, 4) is 0 Å². The lowest BCUT2D eigenvalue weighted by Crippen LogP contribution is -2.58. The zero-order valence-corrected chi connectivity index (χ0v) is 34.9. The summed E-state index contributed by atoms with van der Waals surface area (Å²) in [5, 5.41) is 45.1. The summed E-state index contributed by atoms with van der Waals surface area (Å²) in [5.74, 6) is -9.76. The number of carboxylic acid groups (broad SMARTS) is 2. The van der Waals surface area contributed by atoms with Gasteiger partial charge in [0.1, 0.15) is 36.3 Å². The molecule has 7 unspecified atom stereocenters. The van der Waals surface area contributed by atoms with E-state index in [1.165, 1.54) is 11.8 Å². The molecule has 0 radical (unpaired) electrons. The first-order valence-corrected chi connectivity index (χ1v) is 19.9. The normalized spacial score (nSPS) is 16.5. The Balaban J connectivity index is 1.91. The minimum absolute atomic E-state index is 0.0280. The molecule has 22 nitrogen and oxygen atoms in total. The summed E-state index contributed by atoms with van der Waals surface area (Å²) in [4.78, 5) is 128. The monoisotopic (exact) mass is 861 g/mol. The van der Waals surface area contributed by atoms with E-state index >= 15 is 0 Å². The highest BCUT2D eigenvalue weighted by molar-refractivity contribution is 5.97.